The van der Waals surface area contributed by atoms with Crippen LogP contribution < -0.4 is 4.74 Å². The van der Waals surface area contributed by atoms with E-state index in [2.05, 4.69) is 26.4 Å². The summed E-state index contributed by atoms with van der Waals surface area (Å²) >= 11 is 1.41. The zero-order valence-electron chi connectivity index (χ0n) is 15.1. The Morgan fingerprint density at radius 2 is 1.75 bits per heavy atom. The molecule has 1 aromatic heterocycles. The van der Waals surface area contributed by atoms with Crippen molar-refractivity contribution in [1.82, 2.24) is 14.3 Å². The van der Waals surface area contributed by atoms with Gasteiger partial charge in [0.2, 0.25) is 0 Å². The molecule has 0 aliphatic carbocycles. The standard InChI is InChI=1S/C15H17N3OS.C4H4O4/c1-2-4-12(5-3-1)14-16-15(17-20-14)19-13-10-18-8-6-11(13)7-9-18;5-3(6)1-2-4(7)8/h1-5,11,13H,6-10H2;1-2H,(H,5,6)(H,7,8)/b;2-1+. The summed E-state index contributed by atoms with van der Waals surface area (Å²) in [7, 11) is 0. The molecule has 5 rings (SSSR count). The topological polar surface area (TPSA) is 113 Å². The number of aliphatic carboxylic acids is 2. The van der Waals surface area contributed by atoms with Gasteiger partial charge in [0, 0.05) is 24.3 Å². The Hall–Kier alpha value is -2.78. The van der Waals surface area contributed by atoms with E-state index >= 15 is 0 Å². The molecule has 1 aromatic carbocycles. The van der Waals surface area contributed by atoms with Crippen molar-refractivity contribution in [2.45, 2.75) is 18.9 Å². The number of hydrogen-bond acceptors (Lipinski definition) is 7. The van der Waals surface area contributed by atoms with Crippen LogP contribution >= 0.6 is 11.5 Å². The Balaban J connectivity index is 0.000000242. The van der Waals surface area contributed by atoms with Gasteiger partial charge in [-0.3, -0.25) is 4.90 Å². The minimum absolute atomic E-state index is 0.274. The lowest BCUT2D eigenvalue weighted by atomic mass is 9.86. The van der Waals surface area contributed by atoms with Crippen LogP contribution in [0.25, 0.3) is 10.6 Å². The summed E-state index contributed by atoms with van der Waals surface area (Å²) in [6, 6.07) is 10.7. The van der Waals surface area contributed by atoms with Gasteiger partial charge in [0.1, 0.15) is 11.1 Å². The van der Waals surface area contributed by atoms with Crippen LogP contribution in [-0.4, -0.2) is 62.1 Å². The number of piperidine rings is 3. The molecule has 2 bridgehead atoms. The second kappa shape index (κ2) is 9.43. The minimum atomic E-state index is -1.26. The predicted octanol–water partition coefficient (Wildman–Crippen LogP) is 2.39. The van der Waals surface area contributed by atoms with Crippen LogP contribution in [0.4, 0.5) is 0 Å². The summed E-state index contributed by atoms with van der Waals surface area (Å²) in [6.07, 6.45) is 3.89. The molecule has 2 aromatic rings. The van der Waals surface area contributed by atoms with E-state index in [-0.39, 0.29) is 6.10 Å². The van der Waals surface area contributed by atoms with E-state index < -0.39 is 11.9 Å². The van der Waals surface area contributed by atoms with Crippen LogP contribution in [0.1, 0.15) is 12.8 Å². The molecular weight excluding hydrogens is 382 g/mol. The number of rotatable bonds is 5. The van der Waals surface area contributed by atoms with E-state index in [0.717, 1.165) is 17.1 Å². The number of carboxylic acid groups (broad SMARTS) is 2. The van der Waals surface area contributed by atoms with Gasteiger partial charge in [-0.05, 0) is 43.4 Å². The fraction of sp³-hybridized carbons (Fsp3) is 0.368. The molecule has 9 heteroatoms. The molecule has 3 fully saturated rings. The van der Waals surface area contributed by atoms with Crippen LogP contribution in [0.15, 0.2) is 42.5 Å². The van der Waals surface area contributed by atoms with Gasteiger partial charge in [0.25, 0.3) is 0 Å². The second-order valence-corrected chi connectivity index (χ2v) is 7.30. The van der Waals surface area contributed by atoms with Crippen molar-refractivity contribution in [3.8, 4) is 16.6 Å². The lowest BCUT2D eigenvalue weighted by Gasteiger charge is -2.43. The molecule has 3 aliphatic rings. The average Bonchev–Trinajstić information content (AvgIpc) is 3.17. The summed E-state index contributed by atoms with van der Waals surface area (Å²) in [5, 5.41) is 16.6. The Kier molecular flexibility index (Phi) is 6.72. The second-order valence-electron chi connectivity index (χ2n) is 6.55. The maximum absolute atomic E-state index is 9.55. The van der Waals surface area contributed by atoms with Crippen LogP contribution in [0.2, 0.25) is 0 Å². The van der Waals surface area contributed by atoms with Crippen molar-refractivity contribution in [3.05, 3.63) is 42.5 Å². The van der Waals surface area contributed by atoms with E-state index in [4.69, 9.17) is 14.9 Å². The number of ether oxygens (including phenoxy) is 1. The number of benzene rings is 1. The molecule has 0 spiro atoms. The van der Waals surface area contributed by atoms with Gasteiger partial charge in [0.05, 0.1) is 0 Å². The molecule has 8 nitrogen and oxygen atoms in total. The number of aromatic nitrogens is 2. The zero-order chi connectivity index (χ0) is 19.9. The third-order valence-electron chi connectivity index (χ3n) is 4.65. The largest absolute Gasteiger partial charge is 0.478 e. The third kappa shape index (κ3) is 5.61. The van der Waals surface area contributed by atoms with E-state index in [1.54, 1.807) is 0 Å². The zero-order valence-corrected chi connectivity index (χ0v) is 15.9. The Labute approximate surface area is 166 Å². The number of hydrogen-bond donors (Lipinski definition) is 2. The molecule has 1 unspecified atom stereocenters. The highest BCUT2D eigenvalue weighted by Crippen LogP contribution is 2.31. The van der Waals surface area contributed by atoms with Crippen molar-refractivity contribution < 1.29 is 24.5 Å². The molecule has 28 heavy (non-hydrogen) atoms. The minimum Gasteiger partial charge on any atom is -0.478 e. The first-order chi connectivity index (χ1) is 13.5. The van der Waals surface area contributed by atoms with Crippen molar-refractivity contribution >= 4 is 23.5 Å². The van der Waals surface area contributed by atoms with Gasteiger partial charge in [-0.25, -0.2) is 9.59 Å². The monoisotopic (exact) mass is 403 g/mol. The summed E-state index contributed by atoms with van der Waals surface area (Å²) in [6.45, 7) is 3.49. The summed E-state index contributed by atoms with van der Waals surface area (Å²) in [5.41, 5.74) is 1.11. The Morgan fingerprint density at radius 3 is 2.29 bits per heavy atom. The highest BCUT2D eigenvalue weighted by molar-refractivity contribution is 7.09. The van der Waals surface area contributed by atoms with Gasteiger partial charge in [0.15, 0.2) is 0 Å². The fourth-order valence-electron chi connectivity index (χ4n) is 3.28. The number of fused-ring (bicyclic) bond motifs is 3. The van der Waals surface area contributed by atoms with Crippen LogP contribution in [0.3, 0.4) is 0 Å². The Bertz CT molecular complexity index is 815. The summed E-state index contributed by atoms with van der Waals surface area (Å²) < 4.78 is 10.4. The van der Waals surface area contributed by atoms with Crippen molar-refractivity contribution in [2.75, 3.05) is 19.6 Å². The lowest BCUT2D eigenvalue weighted by molar-refractivity contribution is -0.134. The Morgan fingerprint density at radius 1 is 1.11 bits per heavy atom. The predicted molar refractivity (Wildman–Crippen MR) is 103 cm³/mol. The maximum Gasteiger partial charge on any atom is 0.329 e. The number of carboxylic acids is 2. The van der Waals surface area contributed by atoms with Crippen LogP contribution in [0, 0.1) is 5.92 Å². The first kappa shape index (κ1) is 20.0. The van der Waals surface area contributed by atoms with Gasteiger partial charge in [-0.15, -0.1) is 4.37 Å². The lowest BCUT2D eigenvalue weighted by Crippen LogP contribution is -2.52. The van der Waals surface area contributed by atoms with Gasteiger partial charge in [-0.1, -0.05) is 30.3 Å². The molecule has 0 radical (unpaired) electrons. The van der Waals surface area contributed by atoms with E-state index in [1.807, 2.05) is 18.2 Å². The molecule has 1 atom stereocenters. The van der Waals surface area contributed by atoms with E-state index in [1.165, 1.54) is 37.5 Å². The average molecular weight is 403 g/mol. The molecule has 148 valence electrons. The summed E-state index contributed by atoms with van der Waals surface area (Å²) in [5.74, 6) is -1.83. The van der Waals surface area contributed by atoms with E-state index in [9.17, 15) is 9.59 Å². The molecule has 0 saturated carbocycles. The quantitative estimate of drug-likeness (QED) is 0.732. The van der Waals surface area contributed by atoms with E-state index in [0.29, 0.717) is 24.1 Å². The van der Waals surface area contributed by atoms with Crippen LogP contribution in [0.5, 0.6) is 6.01 Å². The number of carbonyl (C=O) groups is 2. The van der Waals surface area contributed by atoms with Crippen LogP contribution in [-0.2, 0) is 9.59 Å². The molecule has 3 aliphatic heterocycles. The van der Waals surface area contributed by atoms with Gasteiger partial charge < -0.3 is 14.9 Å². The first-order valence-electron chi connectivity index (χ1n) is 8.93. The van der Waals surface area contributed by atoms with Crippen molar-refractivity contribution in [1.29, 1.82) is 0 Å². The molecular formula is C19H21N3O5S. The van der Waals surface area contributed by atoms with Crippen molar-refractivity contribution in [2.24, 2.45) is 5.92 Å². The third-order valence-corrected chi connectivity index (χ3v) is 5.40. The normalized spacial score (nSPS) is 23.1. The van der Waals surface area contributed by atoms with Gasteiger partial charge >= 0.3 is 17.9 Å². The molecule has 3 saturated heterocycles. The first-order valence-corrected chi connectivity index (χ1v) is 9.70. The highest BCUT2D eigenvalue weighted by Gasteiger charge is 2.36. The summed E-state index contributed by atoms with van der Waals surface area (Å²) in [4.78, 5) is 26.1. The number of nitrogens with zero attached hydrogens (tertiary/aromatic N) is 3. The fourth-order valence-corrected chi connectivity index (χ4v) is 3.89. The molecule has 4 heterocycles. The smallest absolute Gasteiger partial charge is 0.329 e. The molecule has 0 amide bonds. The van der Waals surface area contributed by atoms with Crippen molar-refractivity contribution in [3.63, 3.8) is 0 Å². The maximum atomic E-state index is 9.55. The highest BCUT2D eigenvalue weighted by atomic mass is 32.1. The SMILES string of the molecule is O=C(O)/C=C/C(=O)O.c1ccc(-c2nc(OC3CN4CCC3CC4)ns2)cc1. The molecule has 2 N–H and O–H groups in total. The van der Waals surface area contributed by atoms with Gasteiger partial charge in [-0.2, -0.15) is 4.98 Å².